The maximum atomic E-state index is 12.0. The quantitative estimate of drug-likeness (QED) is 0.823. The molecule has 0 fully saturated rings. The van der Waals surface area contributed by atoms with Crippen molar-refractivity contribution in [2.45, 2.75) is 19.6 Å². The second-order valence-corrected chi connectivity index (χ2v) is 5.13. The third-order valence-electron chi connectivity index (χ3n) is 3.45. The van der Waals surface area contributed by atoms with E-state index in [1.807, 2.05) is 37.3 Å². The van der Waals surface area contributed by atoms with Crippen LogP contribution in [-0.4, -0.2) is 24.7 Å². The molecule has 0 aliphatic rings. The van der Waals surface area contributed by atoms with Gasteiger partial charge in [0.2, 0.25) is 0 Å². The molecule has 2 N–H and O–H groups in total. The van der Waals surface area contributed by atoms with Crippen LogP contribution in [0.15, 0.2) is 48.5 Å². The Bertz CT molecular complexity index is 643. The highest BCUT2D eigenvalue weighted by atomic mass is 16.5. The second-order valence-electron chi connectivity index (χ2n) is 5.13. The van der Waals surface area contributed by atoms with E-state index in [0.29, 0.717) is 11.5 Å². The summed E-state index contributed by atoms with van der Waals surface area (Å²) in [5.74, 6) is 0.738. The van der Waals surface area contributed by atoms with Gasteiger partial charge in [0.25, 0.3) is 5.91 Å². The van der Waals surface area contributed by atoms with Crippen LogP contribution in [0, 0.1) is 0 Å². The molecule has 1 unspecified atom stereocenters. The molecule has 2 aromatic carbocycles. The third-order valence-corrected chi connectivity index (χ3v) is 3.45. The summed E-state index contributed by atoms with van der Waals surface area (Å²) in [6, 6.07) is 14.7. The summed E-state index contributed by atoms with van der Waals surface area (Å²) in [7, 11) is 1.51. The van der Waals surface area contributed by atoms with Gasteiger partial charge >= 0.3 is 0 Å². The minimum absolute atomic E-state index is 0.0777. The van der Waals surface area contributed by atoms with Crippen LogP contribution in [0.4, 0.5) is 0 Å². The predicted octanol–water partition coefficient (Wildman–Crippen LogP) is 2.44. The van der Waals surface area contributed by atoms with E-state index in [4.69, 9.17) is 14.6 Å². The van der Waals surface area contributed by atoms with Crippen molar-refractivity contribution in [1.82, 2.24) is 5.32 Å². The number of aliphatic hydroxyl groups is 1. The molecule has 122 valence electrons. The summed E-state index contributed by atoms with van der Waals surface area (Å²) >= 11 is 0. The summed E-state index contributed by atoms with van der Waals surface area (Å²) in [6.07, 6.45) is 0. The predicted molar refractivity (Wildman–Crippen MR) is 87.4 cm³/mol. The van der Waals surface area contributed by atoms with E-state index < -0.39 is 0 Å². The summed E-state index contributed by atoms with van der Waals surface area (Å²) < 4.78 is 10.7. The Morgan fingerprint density at radius 3 is 2.57 bits per heavy atom. The topological polar surface area (TPSA) is 67.8 Å². The fraction of sp³-hybridized carbons (Fsp3) is 0.278. The van der Waals surface area contributed by atoms with Gasteiger partial charge in [-0.25, -0.2) is 0 Å². The van der Waals surface area contributed by atoms with Crippen LogP contribution in [0.1, 0.15) is 24.1 Å². The van der Waals surface area contributed by atoms with E-state index >= 15 is 0 Å². The van der Waals surface area contributed by atoms with Crippen LogP contribution in [0.5, 0.6) is 11.5 Å². The Morgan fingerprint density at radius 1 is 1.17 bits per heavy atom. The SMILES string of the molecule is COc1cc(CO)ccc1OCC(=O)NC(C)c1ccccc1. The first-order chi connectivity index (χ1) is 11.1. The summed E-state index contributed by atoms with van der Waals surface area (Å²) in [5.41, 5.74) is 1.75. The average molecular weight is 315 g/mol. The van der Waals surface area contributed by atoms with Crippen molar-refractivity contribution >= 4 is 5.91 Å². The molecular formula is C18H21NO4. The van der Waals surface area contributed by atoms with Gasteiger partial charge in [-0.3, -0.25) is 4.79 Å². The molecule has 1 amide bonds. The van der Waals surface area contributed by atoms with Crippen LogP contribution >= 0.6 is 0 Å². The largest absolute Gasteiger partial charge is 0.493 e. The van der Waals surface area contributed by atoms with Gasteiger partial charge in [0.15, 0.2) is 18.1 Å². The maximum Gasteiger partial charge on any atom is 0.258 e. The molecule has 2 rings (SSSR count). The number of aliphatic hydroxyl groups excluding tert-OH is 1. The summed E-state index contributed by atoms with van der Waals surface area (Å²) in [6.45, 7) is 1.74. The number of methoxy groups -OCH3 is 1. The van der Waals surface area contributed by atoms with E-state index in [1.54, 1.807) is 18.2 Å². The second kappa shape index (κ2) is 8.19. The van der Waals surface area contributed by atoms with Gasteiger partial charge in [-0.2, -0.15) is 0 Å². The van der Waals surface area contributed by atoms with Crippen LogP contribution in [-0.2, 0) is 11.4 Å². The first-order valence-corrected chi connectivity index (χ1v) is 7.39. The number of rotatable bonds is 7. The van der Waals surface area contributed by atoms with Gasteiger partial charge in [0.05, 0.1) is 19.8 Å². The van der Waals surface area contributed by atoms with Gasteiger partial charge < -0.3 is 19.9 Å². The van der Waals surface area contributed by atoms with Gasteiger partial charge in [0.1, 0.15) is 0 Å². The highest BCUT2D eigenvalue weighted by Gasteiger charge is 2.11. The standard InChI is InChI=1S/C18H21NO4/c1-13(15-6-4-3-5-7-15)19-18(21)12-23-16-9-8-14(11-20)10-17(16)22-2/h3-10,13,20H,11-12H2,1-2H3,(H,19,21). The molecule has 0 bridgehead atoms. The molecule has 2 aromatic rings. The van der Waals surface area contributed by atoms with Crippen LogP contribution in [0.2, 0.25) is 0 Å². The fourth-order valence-corrected chi connectivity index (χ4v) is 2.18. The fourth-order valence-electron chi connectivity index (χ4n) is 2.18. The lowest BCUT2D eigenvalue weighted by Gasteiger charge is -2.15. The lowest BCUT2D eigenvalue weighted by atomic mass is 10.1. The number of benzene rings is 2. The lowest BCUT2D eigenvalue weighted by molar-refractivity contribution is -0.123. The van der Waals surface area contributed by atoms with Crippen LogP contribution in [0.3, 0.4) is 0 Å². The monoisotopic (exact) mass is 315 g/mol. The number of carbonyl (C=O) groups excluding carboxylic acids is 1. The van der Waals surface area contributed by atoms with Crippen molar-refractivity contribution in [3.63, 3.8) is 0 Å². The Hall–Kier alpha value is -2.53. The maximum absolute atomic E-state index is 12.0. The van der Waals surface area contributed by atoms with Crippen molar-refractivity contribution in [3.05, 3.63) is 59.7 Å². The molecule has 23 heavy (non-hydrogen) atoms. The number of hydrogen-bond donors (Lipinski definition) is 2. The molecular weight excluding hydrogens is 294 g/mol. The molecule has 0 saturated heterocycles. The molecule has 0 heterocycles. The first-order valence-electron chi connectivity index (χ1n) is 7.39. The molecule has 0 spiro atoms. The molecule has 0 aromatic heterocycles. The molecule has 0 saturated carbocycles. The van der Waals surface area contributed by atoms with E-state index in [2.05, 4.69) is 5.32 Å². The number of nitrogens with one attached hydrogen (secondary N) is 1. The van der Waals surface area contributed by atoms with Crippen molar-refractivity contribution in [2.24, 2.45) is 0 Å². The zero-order valence-electron chi connectivity index (χ0n) is 13.3. The lowest BCUT2D eigenvalue weighted by Crippen LogP contribution is -2.31. The Morgan fingerprint density at radius 2 is 1.91 bits per heavy atom. The minimum Gasteiger partial charge on any atom is -0.493 e. The smallest absolute Gasteiger partial charge is 0.258 e. The Kier molecular flexibility index (Phi) is 6.00. The number of hydrogen-bond acceptors (Lipinski definition) is 4. The van der Waals surface area contributed by atoms with Crippen molar-refractivity contribution in [3.8, 4) is 11.5 Å². The van der Waals surface area contributed by atoms with Gasteiger partial charge in [-0.1, -0.05) is 36.4 Å². The zero-order chi connectivity index (χ0) is 16.7. The molecule has 0 aliphatic carbocycles. The first kappa shape index (κ1) is 16.8. The molecule has 0 radical (unpaired) electrons. The van der Waals surface area contributed by atoms with Crippen molar-refractivity contribution in [1.29, 1.82) is 0 Å². The Balaban J connectivity index is 1.92. The van der Waals surface area contributed by atoms with E-state index in [-0.39, 0.29) is 25.2 Å². The van der Waals surface area contributed by atoms with Crippen LogP contribution in [0.25, 0.3) is 0 Å². The van der Waals surface area contributed by atoms with Gasteiger partial charge in [-0.05, 0) is 30.2 Å². The van der Waals surface area contributed by atoms with E-state index in [0.717, 1.165) is 11.1 Å². The van der Waals surface area contributed by atoms with Crippen LogP contribution < -0.4 is 14.8 Å². The molecule has 5 nitrogen and oxygen atoms in total. The highest BCUT2D eigenvalue weighted by Crippen LogP contribution is 2.28. The molecule has 1 atom stereocenters. The van der Waals surface area contributed by atoms with E-state index in [1.165, 1.54) is 7.11 Å². The number of ether oxygens (including phenoxy) is 2. The molecule has 0 aliphatic heterocycles. The van der Waals surface area contributed by atoms with Gasteiger partial charge in [0, 0.05) is 0 Å². The number of carbonyl (C=O) groups is 1. The third kappa shape index (κ3) is 4.72. The zero-order valence-corrected chi connectivity index (χ0v) is 13.3. The normalized spacial score (nSPS) is 11.6. The average Bonchev–Trinajstić information content (AvgIpc) is 2.60. The molecule has 5 heteroatoms. The summed E-state index contributed by atoms with van der Waals surface area (Å²) in [4.78, 5) is 12.0. The summed E-state index contributed by atoms with van der Waals surface area (Å²) in [5, 5.41) is 12.0. The van der Waals surface area contributed by atoms with E-state index in [9.17, 15) is 4.79 Å². The minimum atomic E-state index is -0.213. The number of amides is 1. The van der Waals surface area contributed by atoms with Crippen molar-refractivity contribution in [2.75, 3.05) is 13.7 Å². The van der Waals surface area contributed by atoms with Gasteiger partial charge in [-0.15, -0.1) is 0 Å². The highest BCUT2D eigenvalue weighted by molar-refractivity contribution is 5.78. The van der Waals surface area contributed by atoms with Crippen molar-refractivity contribution < 1.29 is 19.4 Å². The Labute approximate surface area is 135 Å².